The lowest BCUT2D eigenvalue weighted by atomic mass is 10.0. The zero-order valence-electron chi connectivity index (χ0n) is 14.5. The van der Waals surface area contributed by atoms with Crippen molar-refractivity contribution in [1.82, 2.24) is 9.88 Å². The Morgan fingerprint density at radius 2 is 1.88 bits per heavy atom. The minimum atomic E-state index is -0.380. The number of carbonyl (C=O) groups excluding carboxylic acids is 1. The quantitative estimate of drug-likeness (QED) is 0.762. The van der Waals surface area contributed by atoms with Gasteiger partial charge in [-0.2, -0.15) is 0 Å². The van der Waals surface area contributed by atoms with E-state index >= 15 is 0 Å². The zero-order valence-corrected chi connectivity index (χ0v) is 14.5. The minimum Gasteiger partial charge on any atom is -0.389 e. The molecule has 2 heterocycles. The standard InChI is InChI=1S/C21H20N2O3/c1-13-3-2-4-17-18(13)10-19(22-21(17)26)15-7-5-14(6-8-15)9-20(25)23-11-16(24)12-23/h2-8,10,16,24H,9,11-12H2,1H3,(H,22,26). The Bertz CT molecular complexity index is 1030. The van der Waals surface area contributed by atoms with Crippen molar-refractivity contribution in [3.63, 3.8) is 0 Å². The molecule has 1 saturated heterocycles. The molecule has 0 radical (unpaired) electrons. The number of aliphatic hydroxyl groups is 1. The van der Waals surface area contributed by atoms with E-state index in [0.29, 0.717) is 24.9 Å². The number of fused-ring (bicyclic) bond motifs is 1. The molecule has 2 aromatic carbocycles. The van der Waals surface area contributed by atoms with Crippen LogP contribution in [0.1, 0.15) is 11.1 Å². The number of pyridine rings is 1. The summed E-state index contributed by atoms with van der Waals surface area (Å²) in [6.45, 7) is 2.84. The van der Waals surface area contributed by atoms with Crippen LogP contribution in [-0.2, 0) is 11.2 Å². The van der Waals surface area contributed by atoms with Gasteiger partial charge in [-0.25, -0.2) is 0 Å². The molecule has 1 amide bonds. The lowest BCUT2D eigenvalue weighted by molar-refractivity contribution is -0.140. The second-order valence-electron chi connectivity index (χ2n) is 6.87. The molecule has 5 nitrogen and oxygen atoms in total. The number of carbonyl (C=O) groups is 1. The van der Waals surface area contributed by atoms with Crippen LogP contribution in [0.2, 0.25) is 0 Å². The van der Waals surface area contributed by atoms with Crippen LogP contribution in [0.5, 0.6) is 0 Å². The third-order valence-corrected chi connectivity index (χ3v) is 4.94. The van der Waals surface area contributed by atoms with E-state index in [1.807, 2.05) is 55.5 Å². The van der Waals surface area contributed by atoms with Crippen molar-refractivity contribution in [3.8, 4) is 11.3 Å². The predicted molar refractivity (Wildman–Crippen MR) is 101 cm³/mol. The lowest BCUT2D eigenvalue weighted by Gasteiger charge is -2.35. The molecule has 0 spiro atoms. The highest BCUT2D eigenvalue weighted by Gasteiger charge is 2.28. The highest BCUT2D eigenvalue weighted by molar-refractivity contribution is 5.88. The maximum atomic E-state index is 12.4. The number of nitrogens with zero attached hydrogens (tertiary/aromatic N) is 1. The number of likely N-dealkylation sites (tertiary alicyclic amines) is 1. The first-order chi connectivity index (χ1) is 12.5. The van der Waals surface area contributed by atoms with Gasteiger partial charge >= 0.3 is 0 Å². The summed E-state index contributed by atoms with van der Waals surface area (Å²) < 4.78 is 0. The van der Waals surface area contributed by atoms with E-state index in [4.69, 9.17) is 0 Å². The van der Waals surface area contributed by atoms with E-state index in [9.17, 15) is 14.7 Å². The fraction of sp³-hybridized carbons (Fsp3) is 0.238. The summed E-state index contributed by atoms with van der Waals surface area (Å²) >= 11 is 0. The molecule has 132 valence electrons. The molecule has 2 N–H and O–H groups in total. The number of aromatic nitrogens is 1. The molecule has 1 fully saturated rings. The van der Waals surface area contributed by atoms with Gasteiger partial charge in [0.25, 0.3) is 5.56 Å². The van der Waals surface area contributed by atoms with Crippen LogP contribution in [0.15, 0.2) is 53.3 Å². The summed E-state index contributed by atoms with van der Waals surface area (Å²) in [4.78, 5) is 29.0. The number of nitrogens with one attached hydrogen (secondary N) is 1. The smallest absolute Gasteiger partial charge is 0.256 e. The van der Waals surface area contributed by atoms with Gasteiger partial charge in [-0.05, 0) is 41.1 Å². The molecule has 0 saturated carbocycles. The summed E-state index contributed by atoms with van der Waals surface area (Å²) in [7, 11) is 0. The van der Waals surface area contributed by atoms with Gasteiger partial charge in [0.2, 0.25) is 5.91 Å². The van der Waals surface area contributed by atoms with E-state index in [1.54, 1.807) is 4.90 Å². The van der Waals surface area contributed by atoms with Gasteiger partial charge in [-0.1, -0.05) is 36.4 Å². The Kier molecular flexibility index (Phi) is 4.09. The minimum absolute atomic E-state index is 0.0257. The number of aryl methyl sites for hydroxylation is 1. The van der Waals surface area contributed by atoms with Crippen molar-refractivity contribution >= 4 is 16.7 Å². The number of aromatic amines is 1. The van der Waals surface area contributed by atoms with Crippen molar-refractivity contribution in [2.24, 2.45) is 0 Å². The van der Waals surface area contributed by atoms with Crippen LogP contribution in [0.25, 0.3) is 22.0 Å². The van der Waals surface area contributed by atoms with Gasteiger partial charge in [0.1, 0.15) is 0 Å². The third-order valence-electron chi connectivity index (χ3n) is 4.94. The first kappa shape index (κ1) is 16.5. The molecule has 0 bridgehead atoms. The topological polar surface area (TPSA) is 73.4 Å². The molecule has 0 atom stereocenters. The second-order valence-corrected chi connectivity index (χ2v) is 6.87. The highest BCUT2D eigenvalue weighted by atomic mass is 16.3. The normalized spacial score (nSPS) is 14.5. The first-order valence-electron chi connectivity index (χ1n) is 8.69. The average Bonchev–Trinajstić information content (AvgIpc) is 2.60. The predicted octanol–water partition coefficient (Wildman–Crippen LogP) is 2.25. The molecule has 5 heteroatoms. The Morgan fingerprint density at radius 3 is 2.58 bits per heavy atom. The van der Waals surface area contributed by atoms with Crippen LogP contribution >= 0.6 is 0 Å². The first-order valence-corrected chi connectivity index (χ1v) is 8.69. The van der Waals surface area contributed by atoms with Crippen LogP contribution < -0.4 is 5.56 Å². The molecule has 4 rings (SSSR count). The van der Waals surface area contributed by atoms with E-state index in [-0.39, 0.29) is 17.6 Å². The summed E-state index contributed by atoms with van der Waals surface area (Å²) in [5, 5.41) is 10.9. The molecule has 0 aliphatic carbocycles. The molecular formula is C21H20N2O3. The second kappa shape index (κ2) is 6.42. The molecule has 26 heavy (non-hydrogen) atoms. The highest BCUT2D eigenvalue weighted by Crippen LogP contribution is 2.23. The number of hydrogen-bond donors (Lipinski definition) is 2. The number of hydrogen-bond acceptors (Lipinski definition) is 3. The Morgan fingerprint density at radius 1 is 1.15 bits per heavy atom. The molecule has 1 aliphatic rings. The Balaban J connectivity index is 1.59. The molecule has 3 aromatic rings. The Labute approximate surface area is 150 Å². The van der Waals surface area contributed by atoms with Gasteiger partial charge in [0.15, 0.2) is 0 Å². The van der Waals surface area contributed by atoms with Crippen molar-refractivity contribution in [2.75, 3.05) is 13.1 Å². The number of benzene rings is 2. The number of β-amino-alcohol motifs (C(OH)–C–C–N with tert-alkyl or cyclic N) is 1. The third kappa shape index (κ3) is 3.02. The largest absolute Gasteiger partial charge is 0.389 e. The van der Waals surface area contributed by atoms with Crippen molar-refractivity contribution < 1.29 is 9.90 Å². The number of H-pyrrole nitrogens is 1. The maximum absolute atomic E-state index is 12.4. The summed E-state index contributed by atoms with van der Waals surface area (Å²) in [6.07, 6.45) is -0.0603. The van der Waals surface area contributed by atoms with Gasteiger partial charge in [0.05, 0.1) is 12.5 Å². The zero-order chi connectivity index (χ0) is 18.3. The Hall–Kier alpha value is -2.92. The fourth-order valence-electron chi connectivity index (χ4n) is 3.34. The van der Waals surface area contributed by atoms with Crippen molar-refractivity contribution in [1.29, 1.82) is 0 Å². The van der Waals surface area contributed by atoms with Gasteiger partial charge < -0.3 is 15.0 Å². The average molecular weight is 348 g/mol. The molecular weight excluding hydrogens is 328 g/mol. The summed E-state index contributed by atoms with van der Waals surface area (Å²) in [5.74, 6) is 0.0257. The van der Waals surface area contributed by atoms with Crippen molar-refractivity contribution in [3.05, 3.63) is 70.0 Å². The van der Waals surface area contributed by atoms with Gasteiger partial charge in [-0.15, -0.1) is 0 Å². The van der Waals surface area contributed by atoms with E-state index in [2.05, 4.69) is 4.98 Å². The SMILES string of the molecule is Cc1cccc2c(=O)[nH]c(-c3ccc(CC(=O)N4CC(O)C4)cc3)cc12. The van der Waals surface area contributed by atoms with Gasteiger partial charge in [0, 0.05) is 24.2 Å². The number of aliphatic hydroxyl groups excluding tert-OH is 1. The van der Waals surface area contributed by atoms with Crippen LogP contribution in [0, 0.1) is 6.92 Å². The van der Waals surface area contributed by atoms with Crippen LogP contribution in [-0.4, -0.2) is 40.1 Å². The summed E-state index contributed by atoms with van der Waals surface area (Å²) in [5.41, 5.74) is 3.55. The summed E-state index contributed by atoms with van der Waals surface area (Å²) in [6, 6.07) is 15.3. The van der Waals surface area contributed by atoms with E-state index in [1.165, 1.54) is 0 Å². The maximum Gasteiger partial charge on any atom is 0.256 e. The lowest BCUT2D eigenvalue weighted by Crippen LogP contribution is -2.53. The number of amides is 1. The fourth-order valence-corrected chi connectivity index (χ4v) is 3.34. The van der Waals surface area contributed by atoms with Crippen LogP contribution in [0.3, 0.4) is 0 Å². The molecule has 0 unspecified atom stereocenters. The van der Waals surface area contributed by atoms with E-state index in [0.717, 1.165) is 27.8 Å². The van der Waals surface area contributed by atoms with Crippen molar-refractivity contribution in [2.45, 2.75) is 19.4 Å². The molecule has 1 aliphatic heterocycles. The van der Waals surface area contributed by atoms with E-state index < -0.39 is 0 Å². The van der Waals surface area contributed by atoms with Gasteiger partial charge in [-0.3, -0.25) is 9.59 Å². The van der Waals surface area contributed by atoms with Crippen LogP contribution in [0.4, 0.5) is 0 Å². The number of rotatable bonds is 3. The monoisotopic (exact) mass is 348 g/mol. The molecule has 1 aromatic heterocycles.